The third kappa shape index (κ3) is 3.64. The number of carbonyl (C=O) groups is 1. The molecule has 2 aromatic carbocycles. The number of hydrogen-bond donors (Lipinski definition) is 2. The van der Waals surface area contributed by atoms with Crippen molar-refractivity contribution in [2.75, 3.05) is 0 Å². The number of nitrogens with zero attached hydrogens (tertiary/aromatic N) is 2. The number of amides is 1. The van der Waals surface area contributed by atoms with Gasteiger partial charge in [0.05, 0.1) is 16.6 Å². The molecule has 1 amide bonds. The first kappa shape index (κ1) is 19.4. The van der Waals surface area contributed by atoms with Gasteiger partial charge in [0.2, 0.25) is 0 Å². The highest BCUT2D eigenvalue weighted by Crippen LogP contribution is 2.42. The summed E-state index contributed by atoms with van der Waals surface area (Å²) in [7, 11) is 0. The molecular weight excluding hydrogens is 403 g/mol. The lowest BCUT2D eigenvalue weighted by Gasteiger charge is -2.29. The summed E-state index contributed by atoms with van der Waals surface area (Å²) in [6, 6.07) is 12.9. The fraction of sp³-hybridized carbons (Fsp3) is 0.346. The minimum atomic E-state index is -0.224. The molecule has 0 saturated heterocycles. The molecular formula is C26H25FN4O. The SMILES string of the molecule is O=C(NC1CC1)c1ccc2nc(C3CCCC(c4ccnc5ccc(F)cc45)C3)[nH]c2c1. The predicted octanol–water partition coefficient (Wildman–Crippen LogP) is 5.58. The van der Waals surface area contributed by atoms with E-state index in [0.717, 1.165) is 66.3 Å². The highest BCUT2D eigenvalue weighted by Gasteiger charge is 2.28. The van der Waals surface area contributed by atoms with Gasteiger partial charge in [-0.2, -0.15) is 0 Å². The van der Waals surface area contributed by atoms with Crippen molar-refractivity contribution in [2.45, 2.75) is 56.4 Å². The fourth-order valence-electron chi connectivity index (χ4n) is 5.08. The average molecular weight is 429 g/mol. The number of H-pyrrole nitrogens is 1. The van der Waals surface area contributed by atoms with E-state index in [9.17, 15) is 9.18 Å². The Balaban J connectivity index is 1.27. The molecule has 2 N–H and O–H groups in total. The van der Waals surface area contributed by atoms with Crippen LogP contribution in [0.2, 0.25) is 0 Å². The first-order valence-corrected chi connectivity index (χ1v) is 11.5. The van der Waals surface area contributed by atoms with Crippen LogP contribution in [0.4, 0.5) is 4.39 Å². The number of halogens is 1. The summed E-state index contributed by atoms with van der Waals surface area (Å²) in [6.07, 6.45) is 8.19. The zero-order valence-electron chi connectivity index (χ0n) is 17.8. The molecule has 0 bridgehead atoms. The summed E-state index contributed by atoms with van der Waals surface area (Å²) in [4.78, 5) is 25.2. The molecule has 162 valence electrons. The highest BCUT2D eigenvalue weighted by atomic mass is 19.1. The Morgan fingerprint density at radius 3 is 2.72 bits per heavy atom. The smallest absolute Gasteiger partial charge is 0.251 e. The molecule has 6 rings (SSSR count). The van der Waals surface area contributed by atoms with Crippen LogP contribution in [0.1, 0.15) is 72.1 Å². The maximum Gasteiger partial charge on any atom is 0.251 e. The standard InChI is InChI=1S/C26H25FN4O/c27-18-5-9-22-21(14-18)20(10-11-28-22)15-2-1-3-16(12-15)25-30-23-8-4-17(13-24(23)31-25)26(32)29-19-6-7-19/h4-5,8-11,13-16,19H,1-3,6-7,12H2,(H,29,32)(H,30,31). The second-order valence-corrected chi connectivity index (χ2v) is 9.22. The number of nitrogens with one attached hydrogen (secondary N) is 2. The van der Waals surface area contributed by atoms with E-state index in [1.807, 2.05) is 30.5 Å². The molecule has 0 radical (unpaired) electrons. The molecule has 4 aromatic rings. The van der Waals surface area contributed by atoms with E-state index in [1.165, 1.54) is 11.6 Å². The normalized spacial score (nSPS) is 21.2. The van der Waals surface area contributed by atoms with Crippen molar-refractivity contribution in [1.82, 2.24) is 20.3 Å². The van der Waals surface area contributed by atoms with Gasteiger partial charge in [0.1, 0.15) is 11.6 Å². The van der Waals surface area contributed by atoms with E-state index in [1.54, 1.807) is 12.1 Å². The van der Waals surface area contributed by atoms with E-state index in [4.69, 9.17) is 4.98 Å². The topological polar surface area (TPSA) is 70.7 Å². The first-order valence-electron chi connectivity index (χ1n) is 11.5. The van der Waals surface area contributed by atoms with Crippen LogP contribution in [0.15, 0.2) is 48.7 Å². The summed E-state index contributed by atoms with van der Waals surface area (Å²) in [5.41, 5.74) is 4.48. The number of aromatic nitrogens is 3. The van der Waals surface area contributed by atoms with Gasteiger partial charge >= 0.3 is 0 Å². The number of pyridine rings is 1. The van der Waals surface area contributed by atoms with Crippen LogP contribution in [0.5, 0.6) is 0 Å². The Morgan fingerprint density at radius 2 is 1.84 bits per heavy atom. The number of aromatic amines is 1. The molecule has 0 aliphatic heterocycles. The maximum absolute atomic E-state index is 13.9. The zero-order chi connectivity index (χ0) is 21.7. The third-order valence-electron chi connectivity index (χ3n) is 6.91. The molecule has 32 heavy (non-hydrogen) atoms. The number of hydrogen-bond acceptors (Lipinski definition) is 3. The summed E-state index contributed by atoms with van der Waals surface area (Å²) in [5.74, 6) is 1.39. The third-order valence-corrected chi connectivity index (χ3v) is 6.91. The number of benzene rings is 2. The Hall–Kier alpha value is -3.28. The summed E-state index contributed by atoms with van der Waals surface area (Å²) in [6.45, 7) is 0. The number of imidazole rings is 1. The molecule has 2 saturated carbocycles. The molecule has 0 spiro atoms. The zero-order valence-corrected chi connectivity index (χ0v) is 17.8. The maximum atomic E-state index is 13.9. The second-order valence-electron chi connectivity index (χ2n) is 9.22. The minimum Gasteiger partial charge on any atom is -0.349 e. The number of fused-ring (bicyclic) bond motifs is 2. The molecule has 2 aliphatic rings. The van der Waals surface area contributed by atoms with Gasteiger partial charge in [-0.1, -0.05) is 6.42 Å². The summed E-state index contributed by atoms with van der Waals surface area (Å²) in [5, 5.41) is 3.95. The van der Waals surface area contributed by atoms with Crippen LogP contribution < -0.4 is 5.32 Å². The number of carbonyl (C=O) groups excluding carboxylic acids is 1. The van der Waals surface area contributed by atoms with Crippen LogP contribution in [0.25, 0.3) is 21.9 Å². The van der Waals surface area contributed by atoms with Crippen LogP contribution in [-0.4, -0.2) is 26.9 Å². The van der Waals surface area contributed by atoms with Crippen molar-refractivity contribution >= 4 is 27.8 Å². The summed E-state index contributed by atoms with van der Waals surface area (Å²) >= 11 is 0. The van der Waals surface area contributed by atoms with Gasteiger partial charge in [-0.05, 0) is 86.1 Å². The summed E-state index contributed by atoms with van der Waals surface area (Å²) < 4.78 is 13.9. The monoisotopic (exact) mass is 428 g/mol. The number of rotatable bonds is 4. The van der Waals surface area contributed by atoms with Gasteiger partial charge in [-0.25, -0.2) is 9.37 Å². The quantitative estimate of drug-likeness (QED) is 0.445. The Morgan fingerprint density at radius 1 is 1.00 bits per heavy atom. The van der Waals surface area contributed by atoms with Gasteiger partial charge < -0.3 is 10.3 Å². The molecule has 2 fully saturated rings. The van der Waals surface area contributed by atoms with Gasteiger partial charge in [0.25, 0.3) is 5.91 Å². The van der Waals surface area contributed by atoms with Crippen molar-refractivity contribution in [2.24, 2.45) is 0 Å². The lowest BCUT2D eigenvalue weighted by molar-refractivity contribution is 0.0951. The molecule has 2 aromatic heterocycles. The molecule has 6 heteroatoms. The van der Waals surface area contributed by atoms with Crippen LogP contribution >= 0.6 is 0 Å². The van der Waals surface area contributed by atoms with Crippen LogP contribution in [0.3, 0.4) is 0 Å². The Kier molecular flexibility index (Phi) is 4.67. The van der Waals surface area contributed by atoms with E-state index < -0.39 is 0 Å². The van der Waals surface area contributed by atoms with Crippen molar-refractivity contribution in [3.05, 3.63) is 71.4 Å². The minimum absolute atomic E-state index is 0.0138. The van der Waals surface area contributed by atoms with Crippen LogP contribution in [-0.2, 0) is 0 Å². The lowest BCUT2D eigenvalue weighted by Crippen LogP contribution is -2.25. The van der Waals surface area contributed by atoms with Crippen molar-refractivity contribution in [3.63, 3.8) is 0 Å². The van der Waals surface area contributed by atoms with Crippen LogP contribution in [0, 0.1) is 5.82 Å². The molecule has 5 nitrogen and oxygen atoms in total. The lowest BCUT2D eigenvalue weighted by atomic mass is 9.77. The highest BCUT2D eigenvalue weighted by molar-refractivity contribution is 5.97. The van der Waals surface area contributed by atoms with E-state index >= 15 is 0 Å². The average Bonchev–Trinajstić information content (AvgIpc) is 3.52. The van der Waals surface area contributed by atoms with E-state index in [0.29, 0.717) is 23.4 Å². The Labute approximate surface area is 185 Å². The molecule has 2 unspecified atom stereocenters. The van der Waals surface area contributed by atoms with E-state index in [2.05, 4.69) is 15.3 Å². The fourth-order valence-corrected chi connectivity index (χ4v) is 5.08. The Bertz CT molecular complexity index is 1330. The molecule has 2 aliphatic carbocycles. The molecule has 2 atom stereocenters. The first-order chi connectivity index (χ1) is 15.6. The molecule has 2 heterocycles. The van der Waals surface area contributed by atoms with Gasteiger partial charge in [-0.15, -0.1) is 0 Å². The predicted molar refractivity (Wildman–Crippen MR) is 122 cm³/mol. The largest absolute Gasteiger partial charge is 0.349 e. The van der Waals surface area contributed by atoms with Gasteiger partial charge in [-0.3, -0.25) is 9.78 Å². The van der Waals surface area contributed by atoms with Gasteiger partial charge in [0.15, 0.2) is 0 Å². The van der Waals surface area contributed by atoms with Crippen molar-refractivity contribution < 1.29 is 9.18 Å². The van der Waals surface area contributed by atoms with E-state index in [-0.39, 0.29) is 11.7 Å². The van der Waals surface area contributed by atoms with Crippen molar-refractivity contribution in [3.8, 4) is 0 Å². The second kappa shape index (κ2) is 7.69. The van der Waals surface area contributed by atoms with Gasteiger partial charge in [0, 0.05) is 29.1 Å². The van der Waals surface area contributed by atoms with Crippen molar-refractivity contribution in [1.29, 1.82) is 0 Å².